The monoisotopic (exact) mass is 247 g/mol. The highest BCUT2D eigenvalue weighted by Gasteiger charge is 2.16. The molecule has 2 rings (SSSR count). The highest BCUT2D eigenvalue weighted by atomic mass is 19.1. The summed E-state index contributed by atoms with van der Waals surface area (Å²) in [7, 11) is 0. The molecule has 0 bridgehead atoms. The van der Waals surface area contributed by atoms with Gasteiger partial charge in [-0.15, -0.1) is 0 Å². The second kappa shape index (κ2) is 5.83. The fourth-order valence-electron chi connectivity index (χ4n) is 2.10. The van der Waals surface area contributed by atoms with Crippen LogP contribution in [0.15, 0.2) is 41.0 Å². The number of furan rings is 1. The van der Waals surface area contributed by atoms with Gasteiger partial charge in [0.2, 0.25) is 0 Å². The molecule has 1 unspecified atom stereocenters. The van der Waals surface area contributed by atoms with E-state index in [4.69, 9.17) is 4.42 Å². The Hall–Kier alpha value is -1.61. The zero-order valence-corrected chi connectivity index (χ0v) is 10.7. The molecule has 18 heavy (non-hydrogen) atoms. The molecule has 1 atom stereocenters. The predicted molar refractivity (Wildman–Crippen MR) is 70.0 cm³/mol. The number of aryl methyl sites for hydroxylation is 1. The summed E-state index contributed by atoms with van der Waals surface area (Å²) in [6.45, 7) is 4.97. The predicted octanol–water partition coefficient (Wildman–Crippen LogP) is 3.62. The first-order chi connectivity index (χ1) is 8.70. The fourth-order valence-corrected chi connectivity index (χ4v) is 2.10. The molecule has 1 aromatic heterocycles. The van der Waals surface area contributed by atoms with E-state index in [1.807, 2.05) is 25.1 Å². The lowest BCUT2D eigenvalue weighted by molar-refractivity contribution is 0.413. The largest absolute Gasteiger partial charge is 0.467 e. The van der Waals surface area contributed by atoms with Crippen molar-refractivity contribution < 1.29 is 8.81 Å². The summed E-state index contributed by atoms with van der Waals surface area (Å²) < 4.78 is 18.4. The summed E-state index contributed by atoms with van der Waals surface area (Å²) in [6.07, 6.45) is 2.50. The van der Waals surface area contributed by atoms with Gasteiger partial charge in [-0.2, -0.15) is 0 Å². The highest BCUT2D eigenvalue weighted by molar-refractivity contribution is 5.23. The van der Waals surface area contributed by atoms with Crippen molar-refractivity contribution in [1.29, 1.82) is 0 Å². The third-order valence-corrected chi connectivity index (χ3v) is 3.02. The molecular formula is C15H18FNO. The first kappa shape index (κ1) is 12.8. The maximum absolute atomic E-state index is 12.9. The molecule has 1 heterocycles. The van der Waals surface area contributed by atoms with Gasteiger partial charge in [-0.1, -0.05) is 19.1 Å². The smallest absolute Gasteiger partial charge is 0.123 e. The molecule has 96 valence electrons. The molecule has 0 saturated carbocycles. The van der Waals surface area contributed by atoms with Crippen LogP contribution in [0.1, 0.15) is 29.9 Å². The van der Waals surface area contributed by atoms with Gasteiger partial charge < -0.3 is 9.73 Å². The van der Waals surface area contributed by atoms with E-state index < -0.39 is 0 Å². The molecule has 0 aliphatic rings. The summed E-state index contributed by atoms with van der Waals surface area (Å²) in [4.78, 5) is 0. The molecule has 1 aromatic carbocycles. The summed E-state index contributed by atoms with van der Waals surface area (Å²) in [5, 5.41) is 3.40. The van der Waals surface area contributed by atoms with Gasteiger partial charge in [0.15, 0.2) is 0 Å². The SMILES string of the molecule is CCNC(Cc1ccc(F)cc1)c1occc1C. The van der Waals surface area contributed by atoms with Crippen LogP contribution in [-0.2, 0) is 6.42 Å². The molecule has 0 fully saturated rings. The van der Waals surface area contributed by atoms with Crippen molar-refractivity contribution >= 4 is 0 Å². The number of rotatable bonds is 5. The van der Waals surface area contributed by atoms with E-state index >= 15 is 0 Å². The fraction of sp³-hybridized carbons (Fsp3) is 0.333. The van der Waals surface area contributed by atoms with Crippen molar-refractivity contribution in [3.8, 4) is 0 Å². The molecule has 2 aromatic rings. The van der Waals surface area contributed by atoms with Crippen molar-refractivity contribution in [2.75, 3.05) is 6.54 Å². The minimum absolute atomic E-state index is 0.135. The Kier molecular flexibility index (Phi) is 4.15. The number of nitrogens with one attached hydrogen (secondary N) is 1. The molecule has 0 aliphatic heterocycles. The molecular weight excluding hydrogens is 229 g/mol. The van der Waals surface area contributed by atoms with Gasteiger partial charge in [0.1, 0.15) is 11.6 Å². The average molecular weight is 247 g/mol. The summed E-state index contributed by atoms with van der Waals surface area (Å²) in [5.74, 6) is 0.758. The second-order valence-electron chi connectivity index (χ2n) is 4.41. The van der Waals surface area contributed by atoms with E-state index in [0.29, 0.717) is 0 Å². The molecule has 0 amide bonds. The number of likely N-dealkylation sites (N-methyl/N-ethyl adjacent to an activating group) is 1. The van der Waals surface area contributed by atoms with Gasteiger partial charge in [-0.25, -0.2) is 4.39 Å². The van der Waals surface area contributed by atoms with Gasteiger partial charge in [0.25, 0.3) is 0 Å². The Morgan fingerprint density at radius 3 is 2.50 bits per heavy atom. The van der Waals surface area contributed by atoms with E-state index in [1.54, 1.807) is 6.26 Å². The Morgan fingerprint density at radius 2 is 1.94 bits per heavy atom. The lowest BCUT2D eigenvalue weighted by Gasteiger charge is -2.16. The highest BCUT2D eigenvalue weighted by Crippen LogP contribution is 2.22. The molecule has 0 radical (unpaired) electrons. The van der Waals surface area contributed by atoms with Gasteiger partial charge in [-0.3, -0.25) is 0 Å². The standard InChI is InChI=1S/C15H18FNO/c1-3-17-14(15-11(2)8-9-18-15)10-12-4-6-13(16)7-5-12/h4-9,14,17H,3,10H2,1-2H3. The Balaban J connectivity index is 2.16. The van der Waals surface area contributed by atoms with E-state index in [-0.39, 0.29) is 11.9 Å². The van der Waals surface area contributed by atoms with Crippen molar-refractivity contribution in [2.45, 2.75) is 26.3 Å². The third-order valence-electron chi connectivity index (χ3n) is 3.02. The van der Waals surface area contributed by atoms with E-state index in [2.05, 4.69) is 12.2 Å². The summed E-state index contributed by atoms with van der Waals surface area (Å²) >= 11 is 0. The van der Waals surface area contributed by atoms with E-state index in [1.165, 1.54) is 12.1 Å². The van der Waals surface area contributed by atoms with Crippen LogP contribution in [0.4, 0.5) is 4.39 Å². The zero-order valence-electron chi connectivity index (χ0n) is 10.7. The molecule has 0 spiro atoms. The van der Waals surface area contributed by atoms with Crippen LogP contribution >= 0.6 is 0 Å². The van der Waals surface area contributed by atoms with Crippen LogP contribution in [0.2, 0.25) is 0 Å². The van der Waals surface area contributed by atoms with Crippen LogP contribution in [-0.4, -0.2) is 6.54 Å². The topological polar surface area (TPSA) is 25.2 Å². The van der Waals surface area contributed by atoms with E-state index in [0.717, 1.165) is 29.9 Å². The van der Waals surface area contributed by atoms with Crippen molar-refractivity contribution in [1.82, 2.24) is 5.32 Å². The number of halogens is 1. The van der Waals surface area contributed by atoms with Crippen LogP contribution in [0.25, 0.3) is 0 Å². The van der Waals surface area contributed by atoms with Crippen molar-refractivity contribution in [2.24, 2.45) is 0 Å². The number of hydrogen-bond acceptors (Lipinski definition) is 2. The second-order valence-corrected chi connectivity index (χ2v) is 4.41. The number of hydrogen-bond donors (Lipinski definition) is 1. The van der Waals surface area contributed by atoms with E-state index in [9.17, 15) is 4.39 Å². The van der Waals surface area contributed by atoms with Crippen LogP contribution in [0.5, 0.6) is 0 Å². The zero-order chi connectivity index (χ0) is 13.0. The maximum atomic E-state index is 12.9. The van der Waals surface area contributed by atoms with Crippen LogP contribution in [0, 0.1) is 12.7 Å². The maximum Gasteiger partial charge on any atom is 0.123 e. The van der Waals surface area contributed by atoms with Crippen molar-refractivity contribution in [3.63, 3.8) is 0 Å². The molecule has 3 heteroatoms. The Bertz CT molecular complexity index is 489. The molecule has 0 saturated heterocycles. The first-order valence-corrected chi connectivity index (χ1v) is 6.22. The van der Waals surface area contributed by atoms with Crippen LogP contribution in [0.3, 0.4) is 0 Å². The Labute approximate surface area is 107 Å². The molecule has 0 aliphatic carbocycles. The third kappa shape index (κ3) is 2.99. The van der Waals surface area contributed by atoms with Gasteiger partial charge in [-0.05, 0) is 49.2 Å². The number of benzene rings is 1. The summed E-state index contributed by atoms with van der Waals surface area (Å²) in [5.41, 5.74) is 2.24. The van der Waals surface area contributed by atoms with Gasteiger partial charge in [0, 0.05) is 0 Å². The molecule has 1 N–H and O–H groups in total. The minimum atomic E-state index is -0.201. The minimum Gasteiger partial charge on any atom is -0.467 e. The molecule has 2 nitrogen and oxygen atoms in total. The lowest BCUT2D eigenvalue weighted by atomic mass is 10.0. The average Bonchev–Trinajstić information content (AvgIpc) is 2.78. The summed E-state index contributed by atoms with van der Waals surface area (Å²) in [6, 6.07) is 8.72. The van der Waals surface area contributed by atoms with Gasteiger partial charge in [0.05, 0.1) is 12.3 Å². The van der Waals surface area contributed by atoms with Crippen LogP contribution < -0.4 is 5.32 Å². The van der Waals surface area contributed by atoms with Crippen molar-refractivity contribution in [3.05, 3.63) is 59.3 Å². The quantitative estimate of drug-likeness (QED) is 0.873. The first-order valence-electron chi connectivity index (χ1n) is 6.22. The Morgan fingerprint density at radius 1 is 1.22 bits per heavy atom. The normalized spacial score (nSPS) is 12.6. The van der Waals surface area contributed by atoms with Gasteiger partial charge >= 0.3 is 0 Å². The lowest BCUT2D eigenvalue weighted by Crippen LogP contribution is -2.23.